The number of benzene rings is 2. The molecule has 2 atom stereocenters. The van der Waals surface area contributed by atoms with Gasteiger partial charge in [0.05, 0.1) is 6.42 Å². The maximum Gasteiger partial charge on any atom is 0.433 e. The average molecular weight is 385 g/mol. The Kier molecular flexibility index (Phi) is 3.96. The molecule has 0 radical (unpaired) electrons. The highest BCUT2D eigenvalue weighted by Gasteiger charge is 2.67. The minimum atomic E-state index is -4.72. The van der Waals surface area contributed by atoms with E-state index in [-0.39, 0.29) is 12.0 Å². The zero-order valence-electron chi connectivity index (χ0n) is 11.8. The first-order valence-corrected chi connectivity index (χ1v) is 7.73. The second kappa shape index (κ2) is 5.67. The van der Waals surface area contributed by atoms with E-state index in [0.717, 1.165) is 4.47 Å². The third-order valence-corrected chi connectivity index (χ3v) is 4.56. The summed E-state index contributed by atoms with van der Waals surface area (Å²) in [4.78, 5) is 11.8. The predicted octanol–water partition coefficient (Wildman–Crippen LogP) is 4.94. The van der Waals surface area contributed by atoms with Crippen LogP contribution in [0.2, 0.25) is 0 Å². The number of halogens is 4. The van der Waals surface area contributed by atoms with Crippen molar-refractivity contribution in [3.63, 3.8) is 0 Å². The van der Waals surface area contributed by atoms with Crippen molar-refractivity contribution in [2.24, 2.45) is 0 Å². The van der Waals surface area contributed by atoms with Gasteiger partial charge in [0.1, 0.15) is 0 Å². The summed E-state index contributed by atoms with van der Waals surface area (Å²) >= 11 is 3.26. The summed E-state index contributed by atoms with van der Waals surface area (Å²) in [6.07, 6.45) is -5.03. The third-order valence-electron chi connectivity index (χ3n) is 4.03. The van der Waals surface area contributed by atoms with Gasteiger partial charge in [0.2, 0.25) is 5.60 Å². The van der Waals surface area contributed by atoms with Gasteiger partial charge in [-0.1, -0.05) is 58.4 Å². The number of carbonyl (C=O) groups excluding carboxylic acids is 1. The number of ether oxygens (including phenoxy) is 1. The van der Waals surface area contributed by atoms with Crippen LogP contribution in [0.3, 0.4) is 0 Å². The van der Waals surface area contributed by atoms with Gasteiger partial charge in [-0.05, 0) is 17.7 Å². The van der Waals surface area contributed by atoms with Crippen molar-refractivity contribution >= 4 is 21.9 Å². The molecule has 2 unspecified atom stereocenters. The van der Waals surface area contributed by atoms with Gasteiger partial charge in [0.25, 0.3) is 0 Å². The zero-order valence-corrected chi connectivity index (χ0v) is 13.4. The molecule has 3 rings (SSSR count). The maximum atomic E-state index is 14.0. The van der Waals surface area contributed by atoms with Crippen LogP contribution in [0, 0.1) is 0 Å². The lowest BCUT2D eigenvalue weighted by atomic mass is 9.77. The predicted molar refractivity (Wildman–Crippen MR) is 81.8 cm³/mol. The van der Waals surface area contributed by atoms with Gasteiger partial charge < -0.3 is 4.74 Å². The van der Waals surface area contributed by atoms with Crippen molar-refractivity contribution in [1.82, 2.24) is 0 Å². The summed E-state index contributed by atoms with van der Waals surface area (Å²) in [6, 6.07) is 13.8. The lowest BCUT2D eigenvalue weighted by Crippen LogP contribution is -2.46. The standard InChI is InChI=1S/C17H12BrF3O2/c18-13-8-6-11(7-9-13)14-10-15(22)23-16(14,17(19,20)21)12-4-2-1-3-5-12/h1-9,14H,10H2. The lowest BCUT2D eigenvalue weighted by Gasteiger charge is -2.35. The van der Waals surface area contributed by atoms with Crippen LogP contribution in [0.15, 0.2) is 59.1 Å². The van der Waals surface area contributed by atoms with E-state index in [1.165, 1.54) is 24.3 Å². The van der Waals surface area contributed by atoms with Crippen LogP contribution in [-0.2, 0) is 15.1 Å². The van der Waals surface area contributed by atoms with Crippen molar-refractivity contribution < 1.29 is 22.7 Å². The van der Waals surface area contributed by atoms with E-state index in [1.807, 2.05) is 0 Å². The minimum absolute atomic E-state index is 0.0636. The van der Waals surface area contributed by atoms with Gasteiger partial charge >= 0.3 is 12.1 Å². The molecule has 0 aromatic heterocycles. The van der Waals surface area contributed by atoms with Crippen LogP contribution < -0.4 is 0 Å². The first kappa shape index (κ1) is 16.1. The third kappa shape index (κ3) is 2.65. The number of hydrogen-bond acceptors (Lipinski definition) is 2. The molecule has 1 aliphatic rings. The Hall–Kier alpha value is -1.82. The highest BCUT2D eigenvalue weighted by Crippen LogP contribution is 2.56. The Morgan fingerprint density at radius 2 is 1.65 bits per heavy atom. The lowest BCUT2D eigenvalue weighted by molar-refractivity contribution is -0.269. The Bertz CT molecular complexity index is 713. The van der Waals surface area contributed by atoms with Gasteiger partial charge in [-0.25, -0.2) is 0 Å². The smallest absolute Gasteiger partial charge is 0.433 e. The molecule has 2 aromatic carbocycles. The normalized spacial score (nSPS) is 24.5. The summed E-state index contributed by atoms with van der Waals surface area (Å²) in [5, 5.41) is 0. The van der Waals surface area contributed by atoms with Crippen LogP contribution in [0.25, 0.3) is 0 Å². The molecule has 1 fully saturated rings. The monoisotopic (exact) mass is 384 g/mol. The number of carbonyl (C=O) groups is 1. The van der Waals surface area contributed by atoms with Crippen molar-refractivity contribution in [2.45, 2.75) is 24.1 Å². The molecular weight excluding hydrogens is 373 g/mol. The molecule has 1 aliphatic heterocycles. The molecule has 2 nitrogen and oxygen atoms in total. The molecule has 0 spiro atoms. The maximum absolute atomic E-state index is 14.0. The molecule has 120 valence electrons. The van der Waals surface area contributed by atoms with Crippen LogP contribution in [0.4, 0.5) is 13.2 Å². The Labute approximate surface area is 139 Å². The summed E-state index contributed by atoms with van der Waals surface area (Å²) in [7, 11) is 0. The second-order valence-electron chi connectivity index (χ2n) is 5.38. The van der Waals surface area contributed by atoms with Crippen molar-refractivity contribution in [3.8, 4) is 0 Å². The topological polar surface area (TPSA) is 26.3 Å². The molecule has 0 amide bonds. The summed E-state index contributed by atoms with van der Waals surface area (Å²) in [6.45, 7) is 0. The number of esters is 1. The molecule has 0 aliphatic carbocycles. The molecule has 6 heteroatoms. The van der Waals surface area contributed by atoms with Crippen LogP contribution >= 0.6 is 15.9 Å². The molecule has 0 N–H and O–H groups in total. The van der Waals surface area contributed by atoms with E-state index in [4.69, 9.17) is 4.74 Å². The molecule has 0 bridgehead atoms. The van der Waals surface area contributed by atoms with Crippen molar-refractivity contribution in [2.75, 3.05) is 0 Å². The average Bonchev–Trinajstić information content (AvgIpc) is 2.87. The van der Waals surface area contributed by atoms with Crippen LogP contribution in [0.5, 0.6) is 0 Å². The number of rotatable bonds is 2. The van der Waals surface area contributed by atoms with Crippen LogP contribution in [-0.4, -0.2) is 12.1 Å². The van der Waals surface area contributed by atoms with Gasteiger partial charge in [0, 0.05) is 16.0 Å². The van der Waals surface area contributed by atoms with E-state index in [1.54, 1.807) is 30.3 Å². The molecule has 0 saturated carbocycles. The zero-order chi connectivity index (χ0) is 16.7. The molecule has 1 heterocycles. The highest BCUT2D eigenvalue weighted by atomic mass is 79.9. The van der Waals surface area contributed by atoms with E-state index in [0.29, 0.717) is 5.56 Å². The fourth-order valence-corrected chi connectivity index (χ4v) is 3.28. The second-order valence-corrected chi connectivity index (χ2v) is 6.30. The first-order valence-electron chi connectivity index (χ1n) is 6.94. The van der Waals surface area contributed by atoms with E-state index >= 15 is 0 Å². The molecule has 2 aromatic rings. The fourth-order valence-electron chi connectivity index (χ4n) is 3.02. The van der Waals surface area contributed by atoms with Gasteiger partial charge in [0.15, 0.2) is 0 Å². The number of cyclic esters (lactones) is 1. The van der Waals surface area contributed by atoms with Gasteiger partial charge in [-0.3, -0.25) is 4.79 Å². The van der Waals surface area contributed by atoms with E-state index < -0.39 is 23.7 Å². The minimum Gasteiger partial charge on any atom is -0.444 e. The first-order chi connectivity index (χ1) is 10.8. The molecular formula is C17H12BrF3O2. The quantitative estimate of drug-likeness (QED) is 0.685. The Balaban J connectivity index is 2.20. The van der Waals surface area contributed by atoms with Gasteiger partial charge in [-0.2, -0.15) is 13.2 Å². The Morgan fingerprint density at radius 1 is 1.04 bits per heavy atom. The summed E-state index contributed by atoms with van der Waals surface area (Å²) < 4.78 is 47.7. The highest BCUT2D eigenvalue weighted by molar-refractivity contribution is 9.10. The van der Waals surface area contributed by atoms with E-state index in [9.17, 15) is 18.0 Å². The largest absolute Gasteiger partial charge is 0.444 e. The summed E-state index contributed by atoms with van der Waals surface area (Å²) in [5.74, 6) is -1.97. The van der Waals surface area contributed by atoms with E-state index in [2.05, 4.69) is 15.9 Å². The number of alkyl halides is 3. The summed E-state index contributed by atoms with van der Waals surface area (Å²) in [5.41, 5.74) is -2.30. The van der Waals surface area contributed by atoms with Crippen molar-refractivity contribution in [1.29, 1.82) is 0 Å². The number of hydrogen-bond donors (Lipinski definition) is 0. The fraction of sp³-hybridized carbons (Fsp3) is 0.235. The molecule has 23 heavy (non-hydrogen) atoms. The van der Waals surface area contributed by atoms with Crippen LogP contribution in [0.1, 0.15) is 23.5 Å². The van der Waals surface area contributed by atoms with Gasteiger partial charge in [-0.15, -0.1) is 0 Å². The SMILES string of the molecule is O=C1CC(c2ccc(Br)cc2)C(c2ccccc2)(C(F)(F)F)O1. The Morgan fingerprint density at radius 3 is 2.22 bits per heavy atom. The van der Waals surface area contributed by atoms with Crippen molar-refractivity contribution in [3.05, 3.63) is 70.2 Å². The molecule has 1 saturated heterocycles.